The number of nitrogens with one attached hydrogen (secondary N) is 2. The van der Waals surface area contributed by atoms with Gasteiger partial charge in [-0.1, -0.05) is 50.2 Å². The van der Waals surface area contributed by atoms with Crippen LogP contribution in [0.15, 0.2) is 59.4 Å². The van der Waals surface area contributed by atoms with E-state index in [-0.39, 0.29) is 35.7 Å². The number of aromatic nitrogens is 1. The van der Waals surface area contributed by atoms with Crippen molar-refractivity contribution in [2.45, 2.75) is 46.1 Å². The zero-order chi connectivity index (χ0) is 25.9. The number of rotatable bonds is 14. The molecule has 0 aliphatic heterocycles. The van der Waals surface area contributed by atoms with Gasteiger partial charge in [0.15, 0.2) is 0 Å². The van der Waals surface area contributed by atoms with Crippen LogP contribution in [-0.4, -0.2) is 59.8 Å². The van der Waals surface area contributed by atoms with Crippen LogP contribution in [0.1, 0.15) is 38.3 Å². The summed E-state index contributed by atoms with van der Waals surface area (Å²) in [6.07, 6.45) is 1.97. The summed E-state index contributed by atoms with van der Waals surface area (Å²) in [5, 5.41) is 14.3. The van der Waals surface area contributed by atoms with Crippen LogP contribution >= 0.6 is 12.4 Å². The van der Waals surface area contributed by atoms with Gasteiger partial charge in [-0.25, -0.2) is 0 Å². The van der Waals surface area contributed by atoms with Crippen molar-refractivity contribution < 1.29 is 14.6 Å². The number of carbonyl (C=O) groups excluding carboxylic acids is 1. The lowest BCUT2D eigenvalue weighted by Crippen LogP contribution is -2.45. The minimum absolute atomic E-state index is 0. The molecule has 0 aliphatic rings. The lowest BCUT2D eigenvalue weighted by atomic mass is 10.0. The molecule has 1 atom stereocenters. The average Bonchev–Trinajstić information content (AvgIpc) is 2.87. The van der Waals surface area contributed by atoms with E-state index in [9.17, 15) is 14.7 Å². The quantitative estimate of drug-likeness (QED) is 0.270. The Morgan fingerprint density at radius 1 is 1.00 bits per heavy atom. The van der Waals surface area contributed by atoms with Crippen molar-refractivity contribution in [3.8, 4) is 5.75 Å². The average molecular weight is 530 g/mol. The molecule has 202 valence electrons. The van der Waals surface area contributed by atoms with Gasteiger partial charge >= 0.3 is 0 Å². The molecule has 0 radical (unpaired) electrons. The van der Waals surface area contributed by atoms with Crippen molar-refractivity contribution in [3.05, 3.63) is 76.1 Å². The van der Waals surface area contributed by atoms with Gasteiger partial charge in [-0.15, -0.1) is 12.4 Å². The van der Waals surface area contributed by atoms with Gasteiger partial charge in [0.05, 0.1) is 25.2 Å². The molecule has 3 N–H and O–H groups in total. The van der Waals surface area contributed by atoms with Crippen LogP contribution < -0.4 is 10.9 Å². The van der Waals surface area contributed by atoms with Crippen LogP contribution in [0.2, 0.25) is 0 Å². The largest absolute Gasteiger partial charge is 0.506 e. The number of phenols is 1. The molecule has 1 amide bonds. The van der Waals surface area contributed by atoms with E-state index >= 15 is 0 Å². The van der Waals surface area contributed by atoms with Crippen LogP contribution in [0.25, 0.3) is 10.9 Å². The van der Waals surface area contributed by atoms with E-state index in [1.807, 2.05) is 29.2 Å². The molecule has 1 heterocycles. The lowest BCUT2D eigenvalue weighted by Gasteiger charge is -2.32. The van der Waals surface area contributed by atoms with Crippen molar-refractivity contribution in [2.24, 2.45) is 5.92 Å². The minimum atomic E-state index is -0.237. The van der Waals surface area contributed by atoms with Gasteiger partial charge in [0, 0.05) is 30.6 Å². The number of fused-ring (bicyclic) bond motifs is 1. The zero-order valence-corrected chi connectivity index (χ0v) is 22.9. The lowest BCUT2D eigenvalue weighted by molar-refractivity contribution is -0.135. The predicted molar refractivity (Wildman–Crippen MR) is 152 cm³/mol. The second-order valence-electron chi connectivity index (χ2n) is 9.52. The number of hydrogen-bond donors (Lipinski definition) is 3. The fourth-order valence-electron chi connectivity index (χ4n) is 4.22. The zero-order valence-electron chi connectivity index (χ0n) is 22.0. The fourth-order valence-corrected chi connectivity index (χ4v) is 4.22. The number of phenolic OH excluding ortho intramolecular Hbond substituents is 1. The summed E-state index contributed by atoms with van der Waals surface area (Å²) >= 11 is 0. The van der Waals surface area contributed by atoms with Crippen molar-refractivity contribution in [1.29, 1.82) is 0 Å². The summed E-state index contributed by atoms with van der Waals surface area (Å²) in [5.74, 6) is 0.546. The number of hydrogen-bond acceptors (Lipinski definition) is 5. The predicted octanol–water partition coefficient (Wildman–Crippen LogP) is 4.31. The number of pyridine rings is 1. The molecule has 37 heavy (non-hydrogen) atoms. The number of H-pyrrole nitrogens is 1. The highest BCUT2D eigenvalue weighted by atomic mass is 35.5. The summed E-state index contributed by atoms with van der Waals surface area (Å²) in [6, 6.07) is 17.1. The fraction of sp³-hybridized carbons (Fsp3) is 0.448. The third-order valence-electron chi connectivity index (χ3n) is 6.68. The van der Waals surface area contributed by atoms with Crippen molar-refractivity contribution in [2.75, 3.05) is 32.8 Å². The summed E-state index contributed by atoms with van der Waals surface area (Å²) in [4.78, 5) is 29.2. The van der Waals surface area contributed by atoms with Gasteiger partial charge in [-0.3, -0.25) is 9.59 Å². The van der Waals surface area contributed by atoms with Crippen molar-refractivity contribution in [3.63, 3.8) is 0 Å². The first kappa shape index (κ1) is 30.4. The molecular weight excluding hydrogens is 490 g/mol. The van der Waals surface area contributed by atoms with E-state index < -0.39 is 0 Å². The van der Waals surface area contributed by atoms with Crippen LogP contribution in [0.5, 0.6) is 5.75 Å². The number of ether oxygens (including phenoxy) is 1. The SMILES string of the molecule is CC(C)C(C)N(CCNCCc1ccc(O)c2[nH]c(=O)ccc12)C(=O)CCOCCc1ccccc1.Cl. The second kappa shape index (κ2) is 15.4. The highest BCUT2D eigenvalue weighted by Gasteiger charge is 2.21. The first-order valence-corrected chi connectivity index (χ1v) is 12.8. The summed E-state index contributed by atoms with van der Waals surface area (Å²) in [7, 11) is 0. The molecule has 2 aromatic carbocycles. The number of aromatic amines is 1. The Morgan fingerprint density at radius 2 is 1.76 bits per heavy atom. The standard InChI is InChI=1S/C29H39N3O4.ClH/c1-21(2)22(3)32(28(35)15-20-36-19-14-23-7-5-4-6-8-23)18-17-30-16-13-24-9-11-26(33)29-25(24)10-12-27(34)31-29;/h4-12,21-22,30,33H,13-20H2,1-3H3,(H,31,34);1H. The van der Waals surface area contributed by atoms with E-state index in [1.54, 1.807) is 12.1 Å². The molecule has 7 nitrogen and oxygen atoms in total. The van der Waals surface area contributed by atoms with Crippen LogP contribution in [0.4, 0.5) is 0 Å². The molecule has 0 aliphatic carbocycles. The number of carbonyl (C=O) groups is 1. The number of amides is 1. The molecule has 8 heteroatoms. The third-order valence-corrected chi connectivity index (χ3v) is 6.68. The Morgan fingerprint density at radius 3 is 2.49 bits per heavy atom. The number of benzene rings is 2. The van der Waals surface area contributed by atoms with Crippen molar-refractivity contribution in [1.82, 2.24) is 15.2 Å². The maximum Gasteiger partial charge on any atom is 0.248 e. The molecule has 0 saturated carbocycles. The molecule has 0 saturated heterocycles. The van der Waals surface area contributed by atoms with Gasteiger partial charge in [0.25, 0.3) is 0 Å². The second-order valence-corrected chi connectivity index (χ2v) is 9.52. The van der Waals surface area contributed by atoms with Crippen LogP contribution in [-0.2, 0) is 22.4 Å². The monoisotopic (exact) mass is 529 g/mol. The first-order valence-electron chi connectivity index (χ1n) is 12.8. The van der Waals surface area contributed by atoms with Gasteiger partial charge in [0.1, 0.15) is 5.75 Å². The molecule has 0 fully saturated rings. The maximum atomic E-state index is 13.0. The molecule has 1 unspecified atom stereocenters. The number of nitrogens with zero attached hydrogens (tertiary/aromatic N) is 1. The van der Waals surface area contributed by atoms with Gasteiger partial charge < -0.3 is 25.0 Å². The Kier molecular flexibility index (Phi) is 12.6. The first-order chi connectivity index (χ1) is 17.4. The molecule has 3 aromatic rings. The maximum absolute atomic E-state index is 13.0. The summed E-state index contributed by atoms with van der Waals surface area (Å²) in [6.45, 7) is 9.44. The highest BCUT2D eigenvalue weighted by Crippen LogP contribution is 2.24. The van der Waals surface area contributed by atoms with Gasteiger partial charge in [-0.2, -0.15) is 0 Å². The number of aromatic hydroxyl groups is 1. The van der Waals surface area contributed by atoms with E-state index in [4.69, 9.17) is 4.74 Å². The topological polar surface area (TPSA) is 94.7 Å². The van der Waals surface area contributed by atoms with Crippen molar-refractivity contribution >= 4 is 29.2 Å². The summed E-state index contributed by atoms with van der Waals surface area (Å²) < 4.78 is 5.74. The van der Waals surface area contributed by atoms with E-state index in [1.165, 1.54) is 11.6 Å². The Balaban J connectivity index is 0.00000481. The van der Waals surface area contributed by atoms with Gasteiger partial charge in [0.2, 0.25) is 11.5 Å². The van der Waals surface area contributed by atoms with Gasteiger partial charge in [-0.05, 0) is 55.5 Å². The van der Waals surface area contributed by atoms with E-state index in [0.717, 1.165) is 30.3 Å². The Hall–Kier alpha value is -2.87. The molecule has 1 aromatic heterocycles. The summed E-state index contributed by atoms with van der Waals surface area (Å²) in [5.41, 5.74) is 2.51. The molecule has 0 bridgehead atoms. The van der Waals surface area contributed by atoms with Crippen LogP contribution in [0.3, 0.4) is 0 Å². The van der Waals surface area contributed by atoms with E-state index in [0.29, 0.717) is 44.2 Å². The Bertz CT molecular complexity index is 1170. The van der Waals surface area contributed by atoms with E-state index in [2.05, 4.69) is 43.2 Å². The molecule has 3 rings (SSSR count). The molecular formula is C29H40ClN3O4. The van der Waals surface area contributed by atoms with Crippen LogP contribution in [0, 0.1) is 5.92 Å². The normalized spacial score (nSPS) is 11.9. The minimum Gasteiger partial charge on any atom is -0.506 e. The molecule has 0 spiro atoms. The smallest absolute Gasteiger partial charge is 0.248 e. The third kappa shape index (κ3) is 9.18. The Labute approximate surface area is 225 Å². The number of halogens is 1. The highest BCUT2D eigenvalue weighted by molar-refractivity contribution is 5.87.